The molecule has 4 aromatic rings. The molecule has 0 atom stereocenters. The Kier molecular flexibility index (Phi) is 8.52. The molecule has 3 aromatic heterocycles. The van der Waals surface area contributed by atoms with Gasteiger partial charge in [-0.25, -0.2) is 14.4 Å². The van der Waals surface area contributed by atoms with Crippen molar-refractivity contribution in [3.8, 4) is 28.1 Å². The van der Waals surface area contributed by atoms with Crippen LogP contribution in [0.4, 0.5) is 4.39 Å². The topological polar surface area (TPSA) is 86.5 Å². The van der Waals surface area contributed by atoms with E-state index < -0.39 is 11.4 Å². The van der Waals surface area contributed by atoms with Crippen molar-refractivity contribution in [2.45, 2.75) is 59.5 Å². The number of aliphatic hydroxyl groups is 1. The summed E-state index contributed by atoms with van der Waals surface area (Å²) in [6.45, 7) is 9.58. The molecule has 0 amide bonds. The predicted molar refractivity (Wildman–Crippen MR) is 155 cm³/mol. The molecule has 0 radical (unpaired) electrons. The molecule has 0 saturated carbocycles. The molecule has 0 saturated heterocycles. The van der Waals surface area contributed by atoms with Crippen LogP contribution in [0.2, 0.25) is 5.15 Å². The number of fused-ring (bicyclic) bond motifs is 2. The second kappa shape index (κ2) is 11.6. The molecule has 1 N–H and O–H groups in total. The van der Waals surface area contributed by atoms with Crippen molar-refractivity contribution in [3.05, 3.63) is 63.8 Å². The summed E-state index contributed by atoms with van der Waals surface area (Å²) >= 11 is 6.16. The van der Waals surface area contributed by atoms with Crippen molar-refractivity contribution in [1.29, 1.82) is 0 Å². The normalized spacial score (nSPS) is 12.8. The Labute approximate surface area is 238 Å². The molecule has 1 aromatic carbocycles. The third-order valence-electron chi connectivity index (χ3n) is 6.76. The van der Waals surface area contributed by atoms with Crippen molar-refractivity contribution >= 4 is 28.6 Å². The van der Waals surface area contributed by atoms with Crippen molar-refractivity contribution in [2.24, 2.45) is 7.05 Å². The van der Waals surface area contributed by atoms with E-state index in [1.807, 2.05) is 37.6 Å². The zero-order chi connectivity index (χ0) is 29.4. The highest BCUT2D eigenvalue weighted by molar-refractivity contribution is 6.29. The Morgan fingerprint density at radius 1 is 1.25 bits per heavy atom. The maximum absolute atomic E-state index is 15.3. The number of aromatic nitrogens is 3. The van der Waals surface area contributed by atoms with Gasteiger partial charge in [-0.05, 0) is 94.0 Å². The number of benzene rings is 1. The average molecular weight is 568 g/mol. The van der Waals surface area contributed by atoms with Gasteiger partial charge in [-0.3, -0.25) is 4.79 Å². The fourth-order valence-electron chi connectivity index (χ4n) is 4.98. The van der Waals surface area contributed by atoms with E-state index in [1.54, 1.807) is 33.0 Å². The van der Waals surface area contributed by atoms with Gasteiger partial charge in [0.1, 0.15) is 10.8 Å². The van der Waals surface area contributed by atoms with Gasteiger partial charge in [0, 0.05) is 35.5 Å². The minimum atomic E-state index is -0.500. The Morgan fingerprint density at radius 2 is 1.95 bits per heavy atom. The monoisotopic (exact) mass is 567 g/mol. The van der Waals surface area contributed by atoms with Gasteiger partial charge >= 0.3 is 5.97 Å². The molecule has 0 spiro atoms. The molecule has 1 aliphatic heterocycles. The van der Waals surface area contributed by atoms with Gasteiger partial charge in [0.25, 0.3) is 0 Å². The van der Waals surface area contributed by atoms with E-state index in [0.29, 0.717) is 28.8 Å². The lowest BCUT2D eigenvalue weighted by Gasteiger charge is -2.23. The minimum Gasteiger partial charge on any atom is -0.490 e. The number of carbonyl (C=O) groups excluding carboxylic acids is 1. The molecular weight excluding hydrogens is 533 g/mol. The smallest absolute Gasteiger partial charge is 0.310 e. The molecule has 4 heterocycles. The summed E-state index contributed by atoms with van der Waals surface area (Å²) in [5.74, 6) is -0.454. The van der Waals surface area contributed by atoms with E-state index >= 15 is 4.39 Å². The number of ether oxygens (including phenoxy) is 2. The summed E-state index contributed by atoms with van der Waals surface area (Å²) in [6, 6.07) is 7.20. The van der Waals surface area contributed by atoms with Gasteiger partial charge in [0.05, 0.1) is 31.4 Å². The largest absolute Gasteiger partial charge is 0.490 e. The van der Waals surface area contributed by atoms with Gasteiger partial charge in [-0.2, -0.15) is 0 Å². The number of esters is 1. The van der Waals surface area contributed by atoms with E-state index in [4.69, 9.17) is 31.2 Å². The summed E-state index contributed by atoms with van der Waals surface area (Å²) < 4.78 is 27.9. The van der Waals surface area contributed by atoms with Crippen LogP contribution >= 0.6 is 11.6 Å². The van der Waals surface area contributed by atoms with Gasteiger partial charge in [-0.15, -0.1) is 0 Å². The first kappa shape index (κ1) is 29.5. The molecule has 212 valence electrons. The number of methoxy groups -OCH3 is 1. The van der Waals surface area contributed by atoms with Gasteiger partial charge in [0.2, 0.25) is 0 Å². The lowest BCUT2D eigenvalue weighted by Crippen LogP contribution is -2.13. The zero-order valence-electron chi connectivity index (χ0n) is 24.0. The highest BCUT2D eigenvalue weighted by Gasteiger charge is 2.26. The van der Waals surface area contributed by atoms with Crippen LogP contribution in [0.5, 0.6) is 5.75 Å². The van der Waals surface area contributed by atoms with Crippen molar-refractivity contribution in [3.63, 3.8) is 0 Å². The van der Waals surface area contributed by atoms with Gasteiger partial charge in [0.15, 0.2) is 11.6 Å². The number of carbonyl (C=O) groups is 1. The fourth-order valence-corrected chi connectivity index (χ4v) is 5.15. The molecule has 0 bridgehead atoms. The maximum atomic E-state index is 15.3. The number of nitrogens with zero attached hydrogens (tertiary/aromatic N) is 3. The number of halogens is 2. The molecule has 0 unspecified atom stereocenters. The number of rotatable bonds is 4. The second-order valence-corrected chi connectivity index (χ2v) is 11.3. The van der Waals surface area contributed by atoms with Crippen LogP contribution < -0.4 is 4.74 Å². The first-order chi connectivity index (χ1) is 18.8. The molecule has 40 heavy (non-hydrogen) atoms. The Hall–Kier alpha value is -3.49. The molecule has 9 heteroatoms. The number of pyridine rings is 2. The fraction of sp³-hybridized carbons (Fsp3) is 0.387. The minimum absolute atomic E-state index is 0.0283. The van der Waals surface area contributed by atoms with Crippen LogP contribution in [0.15, 0.2) is 30.5 Å². The van der Waals surface area contributed by atoms with E-state index in [9.17, 15) is 4.79 Å². The first-order valence-corrected chi connectivity index (χ1v) is 13.5. The highest BCUT2D eigenvalue weighted by Crippen LogP contribution is 2.43. The van der Waals surface area contributed by atoms with E-state index in [-0.39, 0.29) is 12.4 Å². The van der Waals surface area contributed by atoms with E-state index in [1.165, 1.54) is 13.2 Å². The number of aryl methyl sites for hydroxylation is 2. The van der Waals surface area contributed by atoms with Crippen molar-refractivity contribution < 1.29 is 23.8 Å². The van der Waals surface area contributed by atoms with Crippen LogP contribution in [0, 0.1) is 19.7 Å². The standard InChI is InChI=1S/C27H25ClFN3O3.C4H10O/c1-14-17-6-5-9-35-26(17)21(29)11-18(14)25-19(13-24(33)34-4)15(2)31-27-20(25)12-22(32(27)3)16-7-8-30-23(28)10-16;1-4(2,3)5/h7-8,10-12H,5-6,9,13H2,1-4H3;5H,1-3H3. The van der Waals surface area contributed by atoms with Crippen molar-refractivity contribution in [2.75, 3.05) is 13.7 Å². The quantitative estimate of drug-likeness (QED) is 0.223. The SMILES string of the molecule is CC(C)(C)O.COC(=O)Cc1c(C)nc2c(cc(-c3ccnc(Cl)c3)n2C)c1-c1cc(F)c2c(c1C)CCCO2. The highest BCUT2D eigenvalue weighted by atomic mass is 35.5. The predicted octanol–water partition coefficient (Wildman–Crippen LogP) is 6.53. The lowest BCUT2D eigenvalue weighted by molar-refractivity contribution is -0.139. The van der Waals surface area contributed by atoms with Gasteiger partial charge < -0.3 is 19.1 Å². The van der Waals surface area contributed by atoms with Crippen LogP contribution in [0.25, 0.3) is 33.4 Å². The van der Waals surface area contributed by atoms with Crippen LogP contribution in [0.1, 0.15) is 49.6 Å². The Balaban J connectivity index is 0.000000681. The van der Waals surface area contributed by atoms with Gasteiger partial charge in [-0.1, -0.05) is 11.6 Å². The lowest BCUT2D eigenvalue weighted by atomic mass is 9.87. The summed E-state index contributed by atoms with van der Waals surface area (Å²) in [6.07, 6.45) is 3.25. The Morgan fingerprint density at radius 3 is 2.60 bits per heavy atom. The molecule has 7 nitrogen and oxygen atoms in total. The Bertz CT molecular complexity index is 1580. The van der Waals surface area contributed by atoms with E-state index in [2.05, 4.69) is 4.98 Å². The molecule has 5 rings (SSSR count). The number of hydrogen-bond donors (Lipinski definition) is 1. The summed E-state index contributed by atoms with van der Waals surface area (Å²) in [5.41, 5.74) is 6.71. The van der Waals surface area contributed by atoms with Crippen molar-refractivity contribution in [1.82, 2.24) is 14.5 Å². The molecule has 1 aliphatic rings. The summed E-state index contributed by atoms with van der Waals surface area (Å²) in [4.78, 5) is 21.3. The third-order valence-corrected chi connectivity index (χ3v) is 6.97. The first-order valence-electron chi connectivity index (χ1n) is 13.1. The van der Waals surface area contributed by atoms with Crippen LogP contribution in [-0.4, -0.2) is 44.9 Å². The summed E-state index contributed by atoms with van der Waals surface area (Å²) in [7, 11) is 3.29. The number of hydrogen-bond acceptors (Lipinski definition) is 6. The van der Waals surface area contributed by atoms with E-state index in [0.717, 1.165) is 57.4 Å². The van der Waals surface area contributed by atoms with Crippen LogP contribution in [-0.2, 0) is 29.4 Å². The average Bonchev–Trinajstić information content (AvgIpc) is 3.21. The summed E-state index contributed by atoms with van der Waals surface area (Å²) in [5, 5.41) is 9.72. The molecule has 0 aliphatic carbocycles. The molecular formula is C31H35ClFN3O4. The third kappa shape index (κ3) is 6.13. The maximum Gasteiger partial charge on any atom is 0.310 e. The van der Waals surface area contributed by atoms with Crippen LogP contribution in [0.3, 0.4) is 0 Å². The molecule has 0 fully saturated rings. The second-order valence-electron chi connectivity index (χ2n) is 11.0. The zero-order valence-corrected chi connectivity index (χ0v) is 24.7.